The molecular weight excluding hydrogens is 178 g/mol. The van der Waals surface area contributed by atoms with Gasteiger partial charge in [0.05, 0.1) is 5.69 Å². The molecule has 1 atom stereocenters. The summed E-state index contributed by atoms with van der Waals surface area (Å²) in [6.07, 6.45) is 2.83. The van der Waals surface area contributed by atoms with E-state index in [-0.39, 0.29) is 0 Å². The van der Waals surface area contributed by atoms with E-state index in [0.29, 0.717) is 6.42 Å². The van der Waals surface area contributed by atoms with Crippen molar-refractivity contribution in [3.63, 3.8) is 0 Å². The van der Waals surface area contributed by atoms with Crippen LogP contribution >= 0.6 is 0 Å². The number of para-hydroxylation sites is 1. The lowest BCUT2D eigenvalue weighted by atomic mass is 10.1. The SMILES string of the molecule is NC1(C=O)CC=NN1c1ccccc1. The van der Waals surface area contributed by atoms with Gasteiger partial charge in [-0.25, -0.2) is 5.01 Å². The Morgan fingerprint density at radius 3 is 2.79 bits per heavy atom. The number of carbonyl (C=O) groups excluding carboxylic acids is 1. The van der Waals surface area contributed by atoms with Gasteiger partial charge in [0.1, 0.15) is 0 Å². The van der Waals surface area contributed by atoms with Gasteiger partial charge in [-0.05, 0) is 12.1 Å². The standard InChI is InChI=1S/C10H11N3O/c11-10(8-14)6-7-12-13(10)9-4-2-1-3-5-9/h1-5,7-8H,6,11H2. The number of hydrogen-bond acceptors (Lipinski definition) is 4. The Balaban J connectivity index is 2.35. The van der Waals surface area contributed by atoms with Gasteiger partial charge in [0, 0.05) is 12.6 Å². The normalized spacial score (nSPS) is 25.4. The quantitative estimate of drug-likeness (QED) is 0.698. The Morgan fingerprint density at radius 2 is 2.14 bits per heavy atom. The fourth-order valence-electron chi connectivity index (χ4n) is 1.44. The Morgan fingerprint density at radius 1 is 1.43 bits per heavy atom. The minimum atomic E-state index is -1.01. The Kier molecular flexibility index (Phi) is 2.05. The highest BCUT2D eigenvalue weighted by molar-refractivity contribution is 5.81. The van der Waals surface area contributed by atoms with Crippen molar-refractivity contribution in [1.29, 1.82) is 0 Å². The van der Waals surface area contributed by atoms with Crippen LogP contribution in [-0.4, -0.2) is 18.2 Å². The van der Waals surface area contributed by atoms with E-state index >= 15 is 0 Å². The number of rotatable bonds is 2. The van der Waals surface area contributed by atoms with Crippen molar-refractivity contribution in [1.82, 2.24) is 0 Å². The number of nitrogens with two attached hydrogens (primary N) is 1. The summed E-state index contributed by atoms with van der Waals surface area (Å²) in [6, 6.07) is 9.41. The molecule has 0 aromatic heterocycles. The largest absolute Gasteiger partial charge is 0.301 e. The molecule has 1 aromatic rings. The maximum atomic E-state index is 10.9. The minimum absolute atomic E-state index is 0.450. The van der Waals surface area contributed by atoms with Crippen LogP contribution in [0.3, 0.4) is 0 Å². The topological polar surface area (TPSA) is 58.7 Å². The number of benzene rings is 1. The average Bonchev–Trinajstić information content (AvgIpc) is 2.63. The second kappa shape index (κ2) is 3.23. The maximum absolute atomic E-state index is 10.9. The van der Waals surface area contributed by atoms with Crippen molar-refractivity contribution in [3.8, 4) is 0 Å². The summed E-state index contributed by atoms with van der Waals surface area (Å²) in [7, 11) is 0. The van der Waals surface area contributed by atoms with Gasteiger partial charge in [-0.1, -0.05) is 18.2 Å². The van der Waals surface area contributed by atoms with Gasteiger partial charge in [0.25, 0.3) is 0 Å². The van der Waals surface area contributed by atoms with Gasteiger partial charge in [0.15, 0.2) is 11.9 Å². The van der Waals surface area contributed by atoms with Gasteiger partial charge >= 0.3 is 0 Å². The van der Waals surface area contributed by atoms with Crippen LogP contribution in [0.25, 0.3) is 0 Å². The van der Waals surface area contributed by atoms with Crippen LogP contribution in [0.15, 0.2) is 35.4 Å². The van der Waals surface area contributed by atoms with E-state index in [1.807, 2.05) is 30.3 Å². The van der Waals surface area contributed by atoms with Crippen molar-refractivity contribution in [3.05, 3.63) is 30.3 Å². The van der Waals surface area contributed by atoms with E-state index in [1.54, 1.807) is 11.2 Å². The molecular formula is C10H11N3O. The van der Waals surface area contributed by atoms with Crippen LogP contribution in [0.5, 0.6) is 0 Å². The fourth-order valence-corrected chi connectivity index (χ4v) is 1.44. The highest BCUT2D eigenvalue weighted by Crippen LogP contribution is 2.25. The first-order valence-electron chi connectivity index (χ1n) is 4.39. The van der Waals surface area contributed by atoms with E-state index in [0.717, 1.165) is 12.0 Å². The van der Waals surface area contributed by atoms with Crippen molar-refractivity contribution in [2.75, 3.05) is 5.01 Å². The summed E-state index contributed by atoms with van der Waals surface area (Å²) in [6.45, 7) is 0. The predicted molar refractivity (Wildman–Crippen MR) is 55.0 cm³/mol. The molecule has 0 saturated carbocycles. The molecule has 0 fully saturated rings. The molecule has 2 rings (SSSR count). The van der Waals surface area contributed by atoms with Crippen LogP contribution in [0.2, 0.25) is 0 Å². The molecule has 0 spiro atoms. The monoisotopic (exact) mass is 189 g/mol. The van der Waals surface area contributed by atoms with Crippen LogP contribution in [0.4, 0.5) is 5.69 Å². The lowest BCUT2D eigenvalue weighted by Gasteiger charge is -2.28. The number of anilines is 1. The molecule has 1 unspecified atom stereocenters. The molecule has 0 aliphatic carbocycles. The summed E-state index contributed by atoms with van der Waals surface area (Å²) in [5.41, 5.74) is 5.68. The van der Waals surface area contributed by atoms with E-state index in [1.165, 1.54) is 0 Å². The lowest BCUT2D eigenvalue weighted by Crippen LogP contribution is -2.52. The van der Waals surface area contributed by atoms with Gasteiger partial charge in [-0.15, -0.1) is 0 Å². The average molecular weight is 189 g/mol. The first-order valence-corrected chi connectivity index (χ1v) is 4.39. The molecule has 2 N–H and O–H groups in total. The Labute approximate surface area is 82.0 Å². The summed E-state index contributed by atoms with van der Waals surface area (Å²) in [5.74, 6) is 0. The highest BCUT2D eigenvalue weighted by atomic mass is 16.1. The van der Waals surface area contributed by atoms with Gasteiger partial charge in [-0.2, -0.15) is 5.10 Å². The summed E-state index contributed by atoms with van der Waals surface area (Å²) < 4.78 is 0. The summed E-state index contributed by atoms with van der Waals surface area (Å²) in [4.78, 5) is 10.9. The highest BCUT2D eigenvalue weighted by Gasteiger charge is 2.35. The summed E-state index contributed by atoms with van der Waals surface area (Å²) >= 11 is 0. The zero-order valence-electron chi connectivity index (χ0n) is 7.63. The molecule has 1 heterocycles. The second-order valence-corrected chi connectivity index (χ2v) is 3.26. The zero-order valence-corrected chi connectivity index (χ0v) is 7.63. The van der Waals surface area contributed by atoms with Gasteiger partial charge in [-0.3, -0.25) is 4.79 Å². The van der Waals surface area contributed by atoms with Crippen LogP contribution in [-0.2, 0) is 4.79 Å². The Bertz CT molecular complexity index is 363. The molecule has 0 saturated heterocycles. The molecule has 1 aromatic carbocycles. The third-order valence-electron chi connectivity index (χ3n) is 2.21. The molecule has 14 heavy (non-hydrogen) atoms. The molecule has 72 valence electrons. The van der Waals surface area contributed by atoms with Crippen LogP contribution in [0, 0.1) is 0 Å². The first-order chi connectivity index (χ1) is 6.76. The van der Waals surface area contributed by atoms with Gasteiger partial charge < -0.3 is 5.73 Å². The predicted octanol–water partition coefficient (Wildman–Crippen LogP) is 0.736. The first kappa shape index (κ1) is 8.90. The van der Waals surface area contributed by atoms with Crippen molar-refractivity contribution in [2.24, 2.45) is 10.8 Å². The second-order valence-electron chi connectivity index (χ2n) is 3.26. The number of hydrazone groups is 1. The van der Waals surface area contributed by atoms with Gasteiger partial charge in [0.2, 0.25) is 0 Å². The molecule has 0 bridgehead atoms. The third-order valence-corrected chi connectivity index (χ3v) is 2.21. The maximum Gasteiger partial charge on any atom is 0.171 e. The van der Waals surface area contributed by atoms with E-state index in [2.05, 4.69) is 5.10 Å². The zero-order chi connectivity index (χ0) is 10.0. The van der Waals surface area contributed by atoms with Crippen molar-refractivity contribution < 1.29 is 4.79 Å². The number of carbonyl (C=O) groups is 1. The van der Waals surface area contributed by atoms with Crippen LogP contribution < -0.4 is 10.7 Å². The minimum Gasteiger partial charge on any atom is -0.301 e. The van der Waals surface area contributed by atoms with Crippen molar-refractivity contribution in [2.45, 2.75) is 12.1 Å². The van der Waals surface area contributed by atoms with E-state index in [9.17, 15) is 4.79 Å². The molecule has 1 aliphatic heterocycles. The molecule has 4 heteroatoms. The van der Waals surface area contributed by atoms with Crippen LogP contribution in [0.1, 0.15) is 6.42 Å². The smallest absolute Gasteiger partial charge is 0.171 e. The number of nitrogens with zero attached hydrogens (tertiary/aromatic N) is 2. The number of aldehydes is 1. The summed E-state index contributed by atoms with van der Waals surface area (Å²) in [5, 5.41) is 5.62. The molecule has 0 radical (unpaired) electrons. The van der Waals surface area contributed by atoms with E-state index in [4.69, 9.17) is 5.73 Å². The van der Waals surface area contributed by atoms with Crippen molar-refractivity contribution >= 4 is 18.2 Å². The third kappa shape index (κ3) is 1.29. The molecule has 0 amide bonds. The molecule has 4 nitrogen and oxygen atoms in total. The Hall–Kier alpha value is -1.68. The fraction of sp³-hybridized carbons (Fsp3) is 0.200. The lowest BCUT2D eigenvalue weighted by molar-refractivity contribution is -0.111. The van der Waals surface area contributed by atoms with E-state index < -0.39 is 5.66 Å². The molecule has 1 aliphatic rings. The number of hydrogen-bond donors (Lipinski definition) is 1.